The van der Waals surface area contributed by atoms with Crippen LogP contribution in [0.2, 0.25) is 0 Å². The SMILES string of the molecule is CCC(C)c1ccccc1.CCCC1(CCC)OC(=O)C(C)=C1C(=O)N1CCN(c2cccc(C(C)(F)F)c2)CC1. The number of amides is 1. The molecule has 1 saturated heterocycles. The van der Waals surface area contributed by atoms with Crippen molar-refractivity contribution in [2.24, 2.45) is 0 Å². The maximum atomic E-state index is 13.7. The summed E-state index contributed by atoms with van der Waals surface area (Å²) in [5.41, 5.74) is 2.24. The lowest BCUT2D eigenvalue weighted by Gasteiger charge is -2.38. The molecule has 2 aliphatic rings. The number of anilines is 1. The number of piperazine rings is 1. The molecular weight excluding hydrogens is 522 g/mol. The zero-order valence-corrected chi connectivity index (χ0v) is 25.5. The van der Waals surface area contributed by atoms with Gasteiger partial charge in [0, 0.05) is 49.9 Å². The Morgan fingerprint density at radius 1 is 0.976 bits per heavy atom. The average molecular weight is 569 g/mol. The van der Waals surface area contributed by atoms with Crippen molar-refractivity contribution in [3.63, 3.8) is 0 Å². The van der Waals surface area contributed by atoms with Crippen LogP contribution in [0.5, 0.6) is 0 Å². The number of carbonyl (C=O) groups excluding carboxylic acids is 2. The zero-order chi connectivity index (χ0) is 30.2. The highest BCUT2D eigenvalue weighted by molar-refractivity contribution is 6.07. The van der Waals surface area contributed by atoms with Gasteiger partial charge in [-0.3, -0.25) is 4.79 Å². The Balaban J connectivity index is 0.000000389. The highest BCUT2D eigenvalue weighted by Gasteiger charge is 2.49. The molecule has 7 heteroatoms. The minimum absolute atomic E-state index is 0.0187. The highest BCUT2D eigenvalue weighted by atomic mass is 19.3. The van der Waals surface area contributed by atoms with E-state index in [1.807, 2.05) is 24.8 Å². The molecule has 4 rings (SSSR count). The van der Waals surface area contributed by atoms with Crippen LogP contribution in [0.1, 0.15) is 90.7 Å². The normalized spacial score (nSPS) is 17.6. The summed E-state index contributed by atoms with van der Waals surface area (Å²) in [7, 11) is 0. The topological polar surface area (TPSA) is 49.9 Å². The smallest absolute Gasteiger partial charge is 0.335 e. The van der Waals surface area contributed by atoms with Gasteiger partial charge < -0.3 is 14.5 Å². The lowest BCUT2D eigenvalue weighted by Crippen LogP contribution is -2.51. The Morgan fingerprint density at radius 2 is 1.59 bits per heavy atom. The molecule has 0 aromatic heterocycles. The average Bonchev–Trinajstić information content (AvgIpc) is 3.21. The second-order valence-corrected chi connectivity index (χ2v) is 11.3. The van der Waals surface area contributed by atoms with Gasteiger partial charge in [0.05, 0.1) is 5.57 Å². The van der Waals surface area contributed by atoms with Gasteiger partial charge in [0.2, 0.25) is 0 Å². The molecule has 224 valence electrons. The molecule has 0 radical (unpaired) electrons. The Bertz CT molecular complexity index is 1190. The highest BCUT2D eigenvalue weighted by Crippen LogP contribution is 2.41. The van der Waals surface area contributed by atoms with Crippen LogP contribution >= 0.6 is 0 Å². The van der Waals surface area contributed by atoms with Crippen molar-refractivity contribution in [1.29, 1.82) is 0 Å². The summed E-state index contributed by atoms with van der Waals surface area (Å²) in [5.74, 6) is -2.73. The van der Waals surface area contributed by atoms with Gasteiger partial charge in [0.25, 0.3) is 11.8 Å². The summed E-state index contributed by atoms with van der Waals surface area (Å²) >= 11 is 0. The number of benzene rings is 2. The summed E-state index contributed by atoms with van der Waals surface area (Å²) in [6.07, 6.45) is 4.10. The van der Waals surface area contributed by atoms with E-state index in [-0.39, 0.29) is 11.5 Å². The molecule has 0 saturated carbocycles. The number of hydrogen-bond acceptors (Lipinski definition) is 4. The van der Waals surface area contributed by atoms with Gasteiger partial charge in [0.1, 0.15) is 5.60 Å². The summed E-state index contributed by atoms with van der Waals surface area (Å²) in [5, 5.41) is 0. The number of carbonyl (C=O) groups is 2. The monoisotopic (exact) mass is 568 g/mol. The van der Waals surface area contributed by atoms with Crippen LogP contribution in [0.3, 0.4) is 0 Å². The van der Waals surface area contributed by atoms with Crippen LogP contribution in [0.25, 0.3) is 0 Å². The lowest BCUT2D eigenvalue weighted by atomic mass is 9.83. The van der Waals surface area contributed by atoms with Crippen molar-refractivity contribution >= 4 is 17.6 Å². The van der Waals surface area contributed by atoms with Crippen LogP contribution in [0, 0.1) is 0 Å². The fraction of sp³-hybridized carbons (Fsp3) is 0.529. The fourth-order valence-electron chi connectivity index (χ4n) is 5.71. The number of cyclic esters (lactones) is 1. The Morgan fingerprint density at radius 3 is 2.12 bits per heavy atom. The molecule has 2 aromatic carbocycles. The van der Waals surface area contributed by atoms with Crippen molar-refractivity contribution in [3.05, 3.63) is 76.9 Å². The molecule has 1 atom stereocenters. The van der Waals surface area contributed by atoms with E-state index >= 15 is 0 Å². The van der Waals surface area contributed by atoms with Crippen molar-refractivity contribution in [2.75, 3.05) is 31.1 Å². The van der Waals surface area contributed by atoms with Gasteiger partial charge in [-0.25, -0.2) is 13.6 Å². The first-order valence-corrected chi connectivity index (χ1v) is 15.0. The van der Waals surface area contributed by atoms with E-state index in [1.165, 1.54) is 24.1 Å². The van der Waals surface area contributed by atoms with E-state index in [9.17, 15) is 18.4 Å². The van der Waals surface area contributed by atoms with Gasteiger partial charge in [-0.05, 0) is 49.8 Å². The van der Waals surface area contributed by atoms with Gasteiger partial charge in [-0.2, -0.15) is 0 Å². The molecule has 1 unspecified atom stereocenters. The Kier molecular flexibility index (Phi) is 11.1. The maximum absolute atomic E-state index is 13.7. The third-order valence-electron chi connectivity index (χ3n) is 8.21. The minimum atomic E-state index is -2.89. The van der Waals surface area contributed by atoms with Crippen molar-refractivity contribution in [3.8, 4) is 0 Å². The molecule has 2 heterocycles. The molecule has 2 aromatic rings. The second-order valence-electron chi connectivity index (χ2n) is 11.3. The van der Waals surface area contributed by atoms with Crippen LogP contribution in [-0.4, -0.2) is 48.6 Å². The van der Waals surface area contributed by atoms with Crippen LogP contribution in [-0.2, 0) is 20.2 Å². The number of nitrogens with zero attached hydrogens (tertiary/aromatic N) is 2. The molecule has 0 N–H and O–H groups in total. The van der Waals surface area contributed by atoms with Gasteiger partial charge in [-0.15, -0.1) is 0 Å². The van der Waals surface area contributed by atoms with Crippen molar-refractivity contribution < 1.29 is 23.1 Å². The first-order valence-electron chi connectivity index (χ1n) is 15.0. The van der Waals surface area contributed by atoms with Gasteiger partial charge >= 0.3 is 5.97 Å². The molecule has 0 aliphatic carbocycles. The molecular formula is C34H46F2N2O3. The Hall–Kier alpha value is -3.22. The number of rotatable bonds is 9. The molecule has 0 spiro atoms. The summed E-state index contributed by atoms with van der Waals surface area (Å²) in [4.78, 5) is 29.6. The number of halogens is 2. The molecule has 5 nitrogen and oxygen atoms in total. The third-order valence-corrected chi connectivity index (χ3v) is 8.21. The fourth-order valence-corrected chi connectivity index (χ4v) is 5.71. The molecule has 41 heavy (non-hydrogen) atoms. The van der Waals surface area contributed by atoms with E-state index in [0.717, 1.165) is 25.5 Å². The number of ether oxygens (including phenoxy) is 1. The number of hydrogen-bond donors (Lipinski definition) is 0. The van der Waals surface area contributed by atoms with E-state index < -0.39 is 17.5 Å². The predicted molar refractivity (Wildman–Crippen MR) is 161 cm³/mol. The van der Waals surface area contributed by atoms with E-state index in [4.69, 9.17) is 4.74 Å². The number of alkyl halides is 2. The van der Waals surface area contributed by atoms with Gasteiger partial charge in [-0.1, -0.05) is 83.0 Å². The minimum Gasteiger partial charge on any atom is -0.451 e. The third kappa shape index (κ3) is 7.75. The number of esters is 1. The maximum Gasteiger partial charge on any atom is 0.335 e. The first kappa shape index (κ1) is 32.3. The standard InChI is InChI=1S/C24H32F2N2O3.C10H14/c1-5-10-24(11-6-2)20(17(3)22(30)31-24)21(29)28-14-12-27(13-15-28)19-9-7-8-18(16-19)23(4,25)26;1-3-9(2)10-7-5-4-6-8-10/h7-9,16H,5-6,10-15H2,1-4H3;4-9H,3H2,1-2H3. The van der Waals surface area contributed by atoms with E-state index in [1.54, 1.807) is 17.9 Å². The molecule has 1 amide bonds. The predicted octanol–water partition coefficient (Wildman–Crippen LogP) is 7.86. The molecule has 2 aliphatic heterocycles. The zero-order valence-electron chi connectivity index (χ0n) is 25.5. The van der Waals surface area contributed by atoms with Crippen molar-refractivity contribution in [2.45, 2.75) is 91.1 Å². The van der Waals surface area contributed by atoms with Crippen molar-refractivity contribution in [1.82, 2.24) is 4.90 Å². The molecule has 0 bridgehead atoms. The lowest BCUT2D eigenvalue weighted by molar-refractivity contribution is -0.149. The second kappa shape index (κ2) is 14.1. The Labute approximate surface area is 244 Å². The largest absolute Gasteiger partial charge is 0.451 e. The summed E-state index contributed by atoms with van der Waals surface area (Å²) in [6.45, 7) is 13.1. The van der Waals surface area contributed by atoms with E-state index in [2.05, 4.69) is 44.2 Å². The van der Waals surface area contributed by atoms with Gasteiger partial charge in [0.15, 0.2) is 0 Å². The van der Waals surface area contributed by atoms with Crippen LogP contribution in [0.4, 0.5) is 14.5 Å². The van der Waals surface area contributed by atoms with E-state index in [0.29, 0.717) is 56.1 Å². The van der Waals surface area contributed by atoms with Crippen LogP contribution in [0.15, 0.2) is 65.7 Å². The summed E-state index contributed by atoms with van der Waals surface area (Å²) in [6, 6.07) is 17.0. The first-order chi connectivity index (χ1) is 19.5. The quantitative estimate of drug-likeness (QED) is 0.289. The summed E-state index contributed by atoms with van der Waals surface area (Å²) < 4.78 is 33.1. The van der Waals surface area contributed by atoms with Crippen LogP contribution < -0.4 is 4.90 Å². The molecule has 1 fully saturated rings.